The number of halogens is 4. The van der Waals surface area contributed by atoms with Gasteiger partial charge in [-0.3, -0.25) is 0 Å². The summed E-state index contributed by atoms with van der Waals surface area (Å²) < 4.78 is 52.6. The number of rotatable bonds is 4. The highest BCUT2D eigenvalue weighted by Gasteiger charge is 2.34. The van der Waals surface area contributed by atoms with Gasteiger partial charge in [0.25, 0.3) is 0 Å². The molecule has 0 radical (unpaired) electrons. The van der Waals surface area contributed by atoms with Crippen LogP contribution in [0.2, 0.25) is 0 Å². The lowest BCUT2D eigenvalue weighted by atomic mass is 10.2. The van der Waals surface area contributed by atoms with Crippen molar-refractivity contribution in [2.45, 2.75) is 19.6 Å². The maximum Gasteiger partial charge on any atom is 0.419 e. The first-order chi connectivity index (χ1) is 9.38. The molecule has 0 aliphatic carbocycles. The molecule has 1 aromatic heterocycles. The monoisotopic (exact) mass is 287 g/mol. The Kier molecular flexibility index (Phi) is 3.96. The van der Waals surface area contributed by atoms with E-state index >= 15 is 0 Å². The van der Waals surface area contributed by atoms with Gasteiger partial charge in [-0.2, -0.15) is 13.2 Å². The minimum absolute atomic E-state index is 0.233. The second-order valence-corrected chi connectivity index (χ2v) is 4.29. The van der Waals surface area contributed by atoms with Crippen molar-refractivity contribution >= 4 is 5.69 Å². The summed E-state index contributed by atoms with van der Waals surface area (Å²) in [5.41, 5.74) is -1.03. The zero-order valence-electron chi connectivity index (χ0n) is 10.7. The van der Waals surface area contributed by atoms with Crippen molar-refractivity contribution in [3.05, 3.63) is 47.8 Å². The molecule has 0 amide bonds. The van der Waals surface area contributed by atoms with Crippen molar-refractivity contribution < 1.29 is 17.6 Å². The predicted molar refractivity (Wildman–Crippen MR) is 66.9 cm³/mol. The third kappa shape index (κ3) is 3.28. The van der Waals surface area contributed by atoms with Gasteiger partial charge in [-0.25, -0.2) is 9.37 Å². The van der Waals surface area contributed by atoms with Crippen molar-refractivity contribution in [1.29, 1.82) is 0 Å². The van der Waals surface area contributed by atoms with Crippen LogP contribution in [0.5, 0.6) is 0 Å². The van der Waals surface area contributed by atoms with Gasteiger partial charge >= 0.3 is 6.18 Å². The number of hydrogen-bond donors (Lipinski definition) is 1. The van der Waals surface area contributed by atoms with Crippen LogP contribution in [0.4, 0.5) is 23.2 Å². The van der Waals surface area contributed by atoms with Crippen LogP contribution < -0.4 is 5.32 Å². The minimum Gasteiger partial charge on any atom is -0.383 e. The standard InChI is InChI=1S/C13H13F4N3/c1-9-18-4-6-20(9)7-5-19-10-2-3-12(14)11(8-10)13(15,16)17/h2-4,6,8,19H,5,7H2,1H3. The molecule has 3 nitrogen and oxygen atoms in total. The zero-order valence-corrected chi connectivity index (χ0v) is 10.7. The van der Waals surface area contributed by atoms with Crippen LogP contribution in [0.3, 0.4) is 0 Å². The average molecular weight is 287 g/mol. The second-order valence-electron chi connectivity index (χ2n) is 4.29. The Morgan fingerprint density at radius 2 is 2.05 bits per heavy atom. The highest BCUT2D eigenvalue weighted by molar-refractivity contribution is 5.47. The van der Waals surface area contributed by atoms with Crippen LogP contribution in [0.1, 0.15) is 11.4 Å². The summed E-state index contributed by atoms with van der Waals surface area (Å²) in [6, 6.07) is 2.87. The molecule has 1 heterocycles. The van der Waals surface area contributed by atoms with Crippen molar-refractivity contribution in [3.63, 3.8) is 0 Å². The van der Waals surface area contributed by atoms with Gasteiger partial charge in [-0.1, -0.05) is 0 Å². The summed E-state index contributed by atoms with van der Waals surface area (Å²) >= 11 is 0. The smallest absolute Gasteiger partial charge is 0.383 e. The Morgan fingerprint density at radius 1 is 1.30 bits per heavy atom. The molecule has 20 heavy (non-hydrogen) atoms. The van der Waals surface area contributed by atoms with Crippen LogP contribution in [0, 0.1) is 12.7 Å². The summed E-state index contributed by atoms with van der Waals surface area (Å²) in [5.74, 6) is -0.449. The maximum atomic E-state index is 13.1. The van der Waals surface area contributed by atoms with Crippen LogP contribution in [0.25, 0.3) is 0 Å². The quantitative estimate of drug-likeness (QED) is 0.873. The number of nitrogens with one attached hydrogen (secondary N) is 1. The first kappa shape index (κ1) is 14.4. The van der Waals surface area contributed by atoms with Crippen LogP contribution in [-0.2, 0) is 12.7 Å². The summed E-state index contributed by atoms with van der Waals surface area (Å²) in [6.07, 6.45) is -1.26. The molecule has 1 N–H and O–H groups in total. The van der Waals surface area contributed by atoms with E-state index in [9.17, 15) is 17.6 Å². The van der Waals surface area contributed by atoms with E-state index in [0.717, 1.165) is 18.0 Å². The number of nitrogens with zero attached hydrogens (tertiary/aromatic N) is 2. The molecule has 0 unspecified atom stereocenters. The van der Waals surface area contributed by atoms with E-state index in [2.05, 4.69) is 10.3 Å². The molecular formula is C13H13F4N3. The Labute approximate surface area is 113 Å². The van der Waals surface area contributed by atoms with Crippen LogP contribution in [-0.4, -0.2) is 16.1 Å². The SMILES string of the molecule is Cc1nccn1CCNc1ccc(F)c(C(F)(F)F)c1. The molecule has 7 heteroatoms. The van der Waals surface area contributed by atoms with Gasteiger partial charge < -0.3 is 9.88 Å². The molecule has 2 aromatic rings. The van der Waals surface area contributed by atoms with Gasteiger partial charge in [-0.05, 0) is 25.1 Å². The average Bonchev–Trinajstić information content (AvgIpc) is 2.76. The molecule has 108 valence electrons. The molecule has 0 atom stereocenters. The number of aromatic nitrogens is 2. The lowest BCUT2D eigenvalue weighted by Gasteiger charge is -2.12. The third-order valence-electron chi connectivity index (χ3n) is 2.88. The van der Waals surface area contributed by atoms with E-state index in [0.29, 0.717) is 13.1 Å². The minimum atomic E-state index is -4.69. The summed E-state index contributed by atoms with van der Waals surface area (Å²) in [4.78, 5) is 4.04. The number of hydrogen-bond acceptors (Lipinski definition) is 2. The molecular weight excluding hydrogens is 274 g/mol. The predicted octanol–water partition coefficient (Wildman–Crippen LogP) is 3.46. The molecule has 0 saturated heterocycles. The lowest BCUT2D eigenvalue weighted by Crippen LogP contribution is -2.13. The van der Waals surface area contributed by atoms with Crippen LogP contribution >= 0.6 is 0 Å². The topological polar surface area (TPSA) is 29.9 Å². The second kappa shape index (κ2) is 5.52. The molecule has 0 spiro atoms. The Morgan fingerprint density at radius 3 is 2.65 bits per heavy atom. The number of aryl methyl sites for hydroxylation is 1. The number of alkyl halides is 3. The normalized spacial score (nSPS) is 11.7. The van der Waals surface area contributed by atoms with E-state index in [4.69, 9.17) is 0 Å². The van der Waals surface area contributed by atoms with Gasteiger partial charge in [0.1, 0.15) is 11.6 Å². The lowest BCUT2D eigenvalue weighted by molar-refractivity contribution is -0.139. The van der Waals surface area contributed by atoms with Crippen molar-refractivity contribution in [2.24, 2.45) is 0 Å². The van der Waals surface area contributed by atoms with E-state index in [1.807, 2.05) is 11.5 Å². The van der Waals surface area contributed by atoms with Crippen molar-refractivity contribution in [2.75, 3.05) is 11.9 Å². The molecule has 0 fully saturated rings. The van der Waals surface area contributed by atoms with Gasteiger partial charge in [-0.15, -0.1) is 0 Å². The largest absolute Gasteiger partial charge is 0.419 e. The van der Waals surface area contributed by atoms with E-state index in [1.54, 1.807) is 12.4 Å². The first-order valence-electron chi connectivity index (χ1n) is 5.96. The maximum absolute atomic E-state index is 13.1. The van der Waals surface area contributed by atoms with Crippen LogP contribution in [0.15, 0.2) is 30.6 Å². The molecule has 0 bridgehead atoms. The summed E-state index contributed by atoms with van der Waals surface area (Å²) in [6.45, 7) is 2.81. The zero-order chi connectivity index (χ0) is 14.8. The molecule has 0 aliphatic rings. The van der Waals surface area contributed by atoms with E-state index in [-0.39, 0.29) is 5.69 Å². The number of benzene rings is 1. The van der Waals surface area contributed by atoms with Crippen molar-refractivity contribution in [3.8, 4) is 0 Å². The molecule has 0 saturated carbocycles. The fourth-order valence-corrected chi connectivity index (χ4v) is 1.81. The van der Waals surface area contributed by atoms with Gasteiger partial charge in [0.05, 0.1) is 5.56 Å². The Bertz CT molecular complexity index is 590. The molecule has 1 aromatic carbocycles. The highest BCUT2D eigenvalue weighted by Crippen LogP contribution is 2.32. The summed E-state index contributed by atoms with van der Waals surface area (Å²) in [7, 11) is 0. The first-order valence-corrected chi connectivity index (χ1v) is 5.96. The molecule has 2 rings (SSSR count). The Balaban J connectivity index is 2.02. The van der Waals surface area contributed by atoms with Gasteiger partial charge in [0.15, 0.2) is 0 Å². The van der Waals surface area contributed by atoms with E-state index in [1.165, 1.54) is 6.07 Å². The van der Waals surface area contributed by atoms with E-state index < -0.39 is 17.6 Å². The van der Waals surface area contributed by atoms with Gasteiger partial charge in [0.2, 0.25) is 0 Å². The highest BCUT2D eigenvalue weighted by atomic mass is 19.4. The fraction of sp³-hybridized carbons (Fsp3) is 0.308. The fourth-order valence-electron chi connectivity index (χ4n) is 1.81. The number of imidazole rings is 1. The number of anilines is 1. The summed E-state index contributed by atoms with van der Waals surface area (Å²) in [5, 5.41) is 2.83. The Hall–Kier alpha value is -2.05. The molecule has 0 aliphatic heterocycles. The van der Waals surface area contributed by atoms with Crippen molar-refractivity contribution in [1.82, 2.24) is 9.55 Å². The van der Waals surface area contributed by atoms with Gasteiger partial charge in [0, 0.05) is 31.2 Å². The third-order valence-corrected chi connectivity index (χ3v) is 2.88.